The van der Waals surface area contributed by atoms with Crippen molar-refractivity contribution >= 4 is 5.91 Å². The lowest BCUT2D eigenvalue weighted by Gasteiger charge is -2.36. The molecule has 1 amide bonds. The molecule has 0 radical (unpaired) electrons. The number of rotatable bonds is 5. The van der Waals surface area contributed by atoms with E-state index in [1.807, 2.05) is 30.3 Å². The van der Waals surface area contributed by atoms with Gasteiger partial charge in [-0.2, -0.15) is 0 Å². The van der Waals surface area contributed by atoms with Crippen LogP contribution in [0.15, 0.2) is 40.9 Å². The van der Waals surface area contributed by atoms with Crippen molar-refractivity contribution in [2.75, 3.05) is 39.8 Å². The van der Waals surface area contributed by atoms with Crippen molar-refractivity contribution in [2.24, 2.45) is 0 Å². The standard InChI is InChI=1S/C18H24N4O2/c1-14(22-10-8-21(2)9-11-22)13-19-18(23)16-12-17(24-20-16)15-6-4-3-5-7-15/h3-7,12,14H,8-11,13H2,1-2H3,(H,19,23)/t14-/m1/s1. The van der Waals surface area contributed by atoms with E-state index in [4.69, 9.17) is 4.52 Å². The summed E-state index contributed by atoms with van der Waals surface area (Å²) in [6.45, 7) is 6.97. The number of amides is 1. The van der Waals surface area contributed by atoms with Crippen LogP contribution in [0.1, 0.15) is 17.4 Å². The smallest absolute Gasteiger partial charge is 0.273 e. The van der Waals surface area contributed by atoms with Gasteiger partial charge in [0.1, 0.15) is 0 Å². The monoisotopic (exact) mass is 328 g/mol. The van der Waals surface area contributed by atoms with Gasteiger partial charge < -0.3 is 14.7 Å². The van der Waals surface area contributed by atoms with E-state index in [9.17, 15) is 4.79 Å². The average molecular weight is 328 g/mol. The summed E-state index contributed by atoms with van der Waals surface area (Å²) in [6, 6.07) is 11.6. The highest BCUT2D eigenvalue weighted by Gasteiger charge is 2.20. The molecule has 1 aromatic carbocycles. The van der Waals surface area contributed by atoms with Gasteiger partial charge in [0.25, 0.3) is 5.91 Å². The highest BCUT2D eigenvalue weighted by atomic mass is 16.5. The Morgan fingerprint density at radius 3 is 2.67 bits per heavy atom. The molecule has 3 rings (SSSR count). The fourth-order valence-electron chi connectivity index (χ4n) is 2.84. The van der Waals surface area contributed by atoms with Gasteiger partial charge in [0.05, 0.1) is 0 Å². The molecule has 0 spiro atoms. The molecule has 1 N–H and O–H groups in total. The highest BCUT2D eigenvalue weighted by Crippen LogP contribution is 2.19. The minimum atomic E-state index is -0.193. The molecule has 1 aromatic heterocycles. The van der Waals surface area contributed by atoms with Gasteiger partial charge in [-0.1, -0.05) is 35.5 Å². The fourth-order valence-corrected chi connectivity index (χ4v) is 2.84. The van der Waals surface area contributed by atoms with Gasteiger partial charge in [-0.05, 0) is 14.0 Å². The molecule has 1 aliphatic rings. The zero-order valence-corrected chi connectivity index (χ0v) is 14.2. The molecule has 6 heteroatoms. The largest absolute Gasteiger partial charge is 0.355 e. The van der Waals surface area contributed by atoms with Gasteiger partial charge in [0.2, 0.25) is 0 Å². The molecule has 0 aliphatic carbocycles. The predicted octanol–water partition coefficient (Wildman–Crippen LogP) is 1.71. The lowest BCUT2D eigenvalue weighted by Crippen LogP contribution is -2.51. The van der Waals surface area contributed by atoms with Crippen LogP contribution in [0.2, 0.25) is 0 Å². The Morgan fingerprint density at radius 1 is 1.25 bits per heavy atom. The Labute approximate surface area is 142 Å². The molecule has 1 saturated heterocycles. The first-order valence-electron chi connectivity index (χ1n) is 8.36. The van der Waals surface area contributed by atoms with Crippen molar-refractivity contribution in [3.05, 3.63) is 42.1 Å². The van der Waals surface area contributed by atoms with Crippen LogP contribution in [0.3, 0.4) is 0 Å². The highest BCUT2D eigenvalue weighted by molar-refractivity contribution is 5.93. The number of carbonyl (C=O) groups excluding carboxylic acids is 1. The first-order valence-corrected chi connectivity index (χ1v) is 8.36. The number of likely N-dealkylation sites (N-methyl/N-ethyl adjacent to an activating group) is 1. The number of aromatic nitrogens is 1. The summed E-state index contributed by atoms with van der Waals surface area (Å²) in [5.41, 5.74) is 1.23. The summed E-state index contributed by atoms with van der Waals surface area (Å²) >= 11 is 0. The second kappa shape index (κ2) is 7.59. The van der Waals surface area contributed by atoms with E-state index in [0.29, 0.717) is 24.0 Å². The third-order valence-electron chi connectivity index (χ3n) is 4.52. The minimum absolute atomic E-state index is 0.193. The van der Waals surface area contributed by atoms with Crippen LogP contribution in [0, 0.1) is 0 Å². The SMILES string of the molecule is C[C@H](CNC(=O)c1cc(-c2ccccc2)on1)N1CCN(C)CC1. The van der Waals surface area contributed by atoms with Crippen molar-refractivity contribution in [2.45, 2.75) is 13.0 Å². The molecular formula is C18H24N4O2. The van der Waals surface area contributed by atoms with E-state index in [1.54, 1.807) is 6.07 Å². The second-order valence-electron chi connectivity index (χ2n) is 6.34. The molecule has 1 aliphatic heterocycles. The van der Waals surface area contributed by atoms with Crippen molar-refractivity contribution < 1.29 is 9.32 Å². The second-order valence-corrected chi connectivity index (χ2v) is 6.34. The van der Waals surface area contributed by atoms with Crippen LogP contribution in [0.5, 0.6) is 0 Å². The van der Waals surface area contributed by atoms with Crippen LogP contribution < -0.4 is 5.32 Å². The van der Waals surface area contributed by atoms with Gasteiger partial charge in [-0.25, -0.2) is 0 Å². The lowest BCUT2D eigenvalue weighted by molar-refractivity contribution is 0.0895. The van der Waals surface area contributed by atoms with E-state index < -0.39 is 0 Å². The van der Waals surface area contributed by atoms with E-state index >= 15 is 0 Å². The molecule has 1 fully saturated rings. The Kier molecular flexibility index (Phi) is 5.27. The molecule has 0 bridgehead atoms. The van der Waals surface area contributed by atoms with Gasteiger partial charge in [0, 0.05) is 50.4 Å². The number of nitrogens with one attached hydrogen (secondary N) is 1. The molecule has 2 aromatic rings. The minimum Gasteiger partial charge on any atom is -0.355 e. The number of benzene rings is 1. The number of hydrogen-bond acceptors (Lipinski definition) is 5. The van der Waals surface area contributed by atoms with Crippen LogP contribution in [-0.2, 0) is 0 Å². The van der Waals surface area contributed by atoms with Crippen LogP contribution in [0.4, 0.5) is 0 Å². The van der Waals surface area contributed by atoms with Crippen molar-refractivity contribution in [3.8, 4) is 11.3 Å². The average Bonchev–Trinajstić information content (AvgIpc) is 3.11. The quantitative estimate of drug-likeness (QED) is 0.905. The summed E-state index contributed by atoms with van der Waals surface area (Å²) in [6.07, 6.45) is 0. The summed E-state index contributed by atoms with van der Waals surface area (Å²) in [5.74, 6) is 0.412. The van der Waals surface area contributed by atoms with Crippen molar-refractivity contribution in [1.82, 2.24) is 20.3 Å². The fraction of sp³-hybridized carbons (Fsp3) is 0.444. The third-order valence-corrected chi connectivity index (χ3v) is 4.52. The first kappa shape index (κ1) is 16.7. The summed E-state index contributed by atoms with van der Waals surface area (Å²) < 4.78 is 5.28. The molecular weight excluding hydrogens is 304 g/mol. The number of piperazine rings is 1. The number of hydrogen-bond donors (Lipinski definition) is 1. The van der Waals surface area contributed by atoms with E-state index in [1.165, 1.54) is 0 Å². The maximum atomic E-state index is 12.3. The summed E-state index contributed by atoms with van der Waals surface area (Å²) in [7, 11) is 2.14. The maximum absolute atomic E-state index is 12.3. The summed E-state index contributed by atoms with van der Waals surface area (Å²) in [5, 5.41) is 6.84. The van der Waals surface area contributed by atoms with Gasteiger partial charge in [-0.3, -0.25) is 9.69 Å². The Balaban J connectivity index is 1.53. The molecule has 128 valence electrons. The zero-order valence-electron chi connectivity index (χ0n) is 14.2. The molecule has 1 atom stereocenters. The van der Waals surface area contributed by atoms with Gasteiger partial charge >= 0.3 is 0 Å². The van der Waals surface area contributed by atoms with Gasteiger partial charge in [0.15, 0.2) is 11.5 Å². The Hall–Kier alpha value is -2.18. The van der Waals surface area contributed by atoms with E-state index in [-0.39, 0.29) is 5.91 Å². The Morgan fingerprint density at radius 2 is 1.96 bits per heavy atom. The maximum Gasteiger partial charge on any atom is 0.273 e. The topological polar surface area (TPSA) is 61.6 Å². The number of nitrogens with zero attached hydrogens (tertiary/aromatic N) is 3. The van der Waals surface area contributed by atoms with E-state index in [0.717, 1.165) is 31.7 Å². The molecule has 24 heavy (non-hydrogen) atoms. The van der Waals surface area contributed by atoms with Crippen LogP contribution in [0.25, 0.3) is 11.3 Å². The zero-order chi connectivity index (χ0) is 16.9. The normalized spacial score (nSPS) is 17.6. The molecule has 6 nitrogen and oxygen atoms in total. The third kappa shape index (κ3) is 4.01. The number of carbonyl (C=O) groups is 1. The van der Waals surface area contributed by atoms with Gasteiger partial charge in [-0.15, -0.1) is 0 Å². The molecule has 0 unspecified atom stereocenters. The van der Waals surface area contributed by atoms with Crippen molar-refractivity contribution in [1.29, 1.82) is 0 Å². The van der Waals surface area contributed by atoms with Crippen molar-refractivity contribution in [3.63, 3.8) is 0 Å². The lowest BCUT2D eigenvalue weighted by atomic mass is 10.1. The first-order chi connectivity index (χ1) is 11.6. The summed E-state index contributed by atoms with van der Waals surface area (Å²) in [4.78, 5) is 17.0. The Bertz CT molecular complexity index is 663. The predicted molar refractivity (Wildman–Crippen MR) is 92.8 cm³/mol. The van der Waals surface area contributed by atoms with Crippen LogP contribution in [-0.4, -0.2) is 66.7 Å². The van der Waals surface area contributed by atoms with Crippen LogP contribution >= 0.6 is 0 Å². The molecule has 0 saturated carbocycles. The molecule has 2 heterocycles. The van der Waals surface area contributed by atoms with E-state index in [2.05, 4.69) is 34.2 Å².